The molecule has 0 saturated heterocycles. The van der Waals surface area contributed by atoms with Crippen LogP contribution in [0.5, 0.6) is 11.8 Å². The Balaban J connectivity index is 2.24. The Bertz CT molecular complexity index is 485. The van der Waals surface area contributed by atoms with Gasteiger partial charge in [-0.1, -0.05) is 28.4 Å². The van der Waals surface area contributed by atoms with Crippen molar-refractivity contribution in [3.05, 3.63) is 34.1 Å². The van der Waals surface area contributed by atoms with Gasteiger partial charge >= 0.3 is 6.08 Å². The van der Waals surface area contributed by atoms with Crippen LogP contribution in [0.2, 0.25) is 10.0 Å². The van der Waals surface area contributed by atoms with E-state index >= 15 is 0 Å². The molecule has 0 aliphatic carbocycles. The number of aryl methyl sites for hydroxylation is 1. The zero-order chi connectivity index (χ0) is 10.8. The number of hydrogen-bond donors (Lipinski definition) is 0. The van der Waals surface area contributed by atoms with E-state index in [1.807, 2.05) is 0 Å². The van der Waals surface area contributed by atoms with Gasteiger partial charge in [-0.3, -0.25) is 4.52 Å². The number of nitrogens with zero attached hydrogens (tertiary/aromatic N) is 2. The highest BCUT2D eigenvalue weighted by Crippen LogP contribution is 2.30. The molecule has 0 radical (unpaired) electrons. The van der Waals surface area contributed by atoms with Gasteiger partial charge in [0.25, 0.3) is 0 Å². The van der Waals surface area contributed by atoms with Crippen LogP contribution in [0.15, 0.2) is 22.7 Å². The Labute approximate surface area is 95.8 Å². The molecule has 0 saturated carbocycles. The van der Waals surface area contributed by atoms with Crippen molar-refractivity contribution in [1.29, 1.82) is 0 Å². The zero-order valence-electron chi connectivity index (χ0n) is 7.70. The summed E-state index contributed by atoms with van der Waals surface area (Å²) in [6.45, 7) is 1.69. The molecule has 0 spiro atoms. The molecule has 0 amide bonds. The Hall–Kier alpha value is -1.26. The minimum atomic E-state index is 0.0525. The highest BCUT2D eigenvalue weighted by molar-refractivity contribution is 6.35. The third kappa shape index (κ3) is 2.40. The second-order valence-electron chi connectivity index (χ2n) is 2.78. The van der Waals surface area contributed by atoms with E-state index in [-0.39, 0.29) is 6.08 Å². The highest BCUT2D eigenvalue weighted by Gasteiger charge is 2.08. The van der Waals surface area contributed by atoms with E-state index in [1.165, 1.54) is 0 Å². The molecule has 2 aromatic rings. The fourth-order valence-electron chi connectivity index (χ4n) is 0.972. The number of hydrogen-bond acceptors (Lipinski definition) is 4. The van der Waals surface area contributed by atoms with Crippen molar-refractivity contribution in [3.63, 3.8) is 0 Å². The summed E-state index contributed by atoms with van der Waals surface area (Å²) in [7, 11) is 0. The van der Waals surface area contributed by atoms with E-state index < -0.39 is 0 Å². The van der Waals surface area contributed by atoms with E-state index in [0.29, 0.717) is 21.6 Å². The molecule has 1 aromatic carbocycles. The fourth-order valence-corrected chi connectivity index (χ4v) is 1.42. The fraction of sp³-hybridized carbons (Fsp3) is 0.111. The van der Waals surface area contributed by atoms with Gasteiger partial charge in [0.2, 0.25) is 0 Å². The van der Waals surface area contributed by atoms with Crippen LogP contribution in [0.3, 0.4) is 0 Å². The van der Waals surface area contributed by atoms with E-state index in [0.717, 1.165) is 0 Å². The molecule has 6 heteroatoms. The van der Waals surface area contributed by atoms with Gasteiger partial charge in [0.1, 0.15) is 0 Å². The summed E-state index contributed by atoms with van der Waals surface area (Å²) >= 11 is 11.6. The lowest BCUT2D eigenvalue weighted by atomic mass is 10.3. The molecule has 0 N–H and O–H groups in total. The van der Waals surface area contributed by atoms with Crippen LogP contribution < -0.4 is 4.74 Å². The quantitative estimate of drug-likeness (QED) is 0.812. The molecule has 15 heavy (non-hydrogen) atoms. The summed E-state index contributed by atoms with van der Waals surface area (Å²) in [6, 6.07) is 4.86. The molecule has 0 bridgehead atoms. The van der Waals surface area contributed by atoms with Gasteiger partial charge in [-0.05, 0) is 25.1 Å². The van der Waals surface area contributed by atoms with Gasteiger partial charge in [-0.15, -0.1) is 0 Å². The average Bonchev–Trinajstić information content (AvgIpc) is 2.56. The van der Waals surface area contributed by atoms with Crippen LogP contribution >= 0.6 is 23.2 Å². The monoisotopic (exact) mass is 244 g/mol. The Kier molecular flexibility index (Phi) is 2.79. The lowest BCUT2D eigenvalue weighted by Crippen LogP contribution is -1.85. The van der Waals surface area contributed by atoms with Crippen molar-refractivity contribution in [3.8, 4) is 11.8 Å². The number of aromatic nitrogens is 2. The lowest BCUT2D eigenvalue weighted by Gasteiger charge is -2.02. The molecule has 78 valence electrons. The third-order valence-corrected chi connectivity index (χ3v) is 2.13. The number of rotatable bonds is 2. The third-order valence-electron chi connectivity index (χ3n) is 1.60. The number of halogens is 2. The normalized spacial score (nSPS) is 10.3. The van der Waals surface area contributed by atoms with E-state index in [9.17, 15) is 0 Å². The van der Waals surface area contributed by atoms with Crippen molar-refractivity contribution < 1.29 is 9.26 Å². The molecule has 0 aliphatic heterocycles. The number of benzene rings is 1. The summed E-state index contributed by atoms with van der Waals surface area (Å²) in [5, 5.41) is 4.50. The first kappa shape index (κ1) is 10.3. The maximum absolute atomic E-state index is 5.89. The van der Waals surface area contributed by atoms with Gasteiger partial charge in [-0.25, -0.2) is 0 Å². The first-order valence-corrected chi connectivity index (χ1v) is 4.84. The topological polar surface area (TPSA) is 48.2 Å². The minimum Gasteiger partial charge on any atom is -0.408 e. The zero-order valence-corrected chi connectivity index (χ0v) is 9.21. The summed E-state index contributed by atoms with van der Waals surface area (Å²) in [6.07, 6.45) is 0.0525. The Morgan fingerprint density at radius 3 is 2.73 bits per heavy atom. The first-order valence-electron chi connectivity index (χ1n) is 4.08. The maximum atomic E-state index is 5.89. The highest BCUT2D eigenvalue weighted by atomic mass is 35.5. The Morgan fingerprint density at radius 2 is 2.13 bits per heavy atom. The summed E-state index contributed by atoms with van der Waals surface area (Å²) in [5.74, 6) is 0.916. The van der Waals surface area contributed by atoms with Crippen LogP contribution in [-0.2, 0) is 0 Å². The van der Waals surface area contributed by atoms with Crippen molar-refractivity contribution in [2.45, 2.75) is 6.92 Å². The summed E-state index contributed by atoms with van der Waals surface area (Å²) < 4.78 is 10.0. The molecule has 1 aromatic heterocycles. The van der Waals surface area contributed by atoms with Gasteiger partial charge in [-0.2, -0.15) is 4.98 Å². The molecular weight excluding hydrogens is 239 g/mol. The predicted octanol–water partition coefficient (Wildman–Crippen LogP) is 3.48. The smallest absolute Gasteiger partial charge is 0.408 e. The van der Waals surface area contributed by atoms with Crippen LogP contribution in [-0.4, -0.2) is 10.1 Å². The van der Waals surface area contributed by atoms with Crippen LogP contribution in [0.1, 0.15) is 5.82 Å². The molecular formula is C9H6Cl2N2O2. The van der Waals surface area contributed by atoms with Gasteiger partial charge in [0.15, 0.2) is 11.6 Å². The lowest BCUT2D eigenvalue weighted by molar-refractivity contribution is 0.280. The Morgan fingerprint density at radius 1 is 1.33 bits per heavy atom. The van der Waals surface area contributed by atoms with Crippen LogP contribution in [0.4, 0.5) is 0 Å². The van der Waals surface area contributed by atoms with Crippen molar-refractivity contribution in [2.24, 2.45) is 0 Å². The first-order chi connectivity index (χ1) is 7.15. The average molecular weight is 245 g/mol. The number of ether oxygens (including phenoxy) is 1. The van der Waals surface area contributed by atoms with Gasteiger partial charge in [0.05, 0.1) is 5.02 Å². The predicted molar refractivity (Wildman–Crippen MR) is 55.6 cm³/mol. The molecule has 2 rings (SSSR count). The molecule has 0 aliphatic rings. The molecule has 0 unspecified atom stereocenters. The summed E-state index contributed by atoms with van der Waals surface area (Å²) in [5.41, 5.74) is 0. The van der Waals surface area contributed by atoms with Crippen molar-refractivity contribution in [2.75, 3.05) is 0 Å². The molecule has 0 atom stereocenters. The second kappa shape index (κ2) is 4.08. The maximum Gasteiger partial charge on any atom is 0.422 e. The van der Waals surface area contributed by atoms with Gasteiger partial charge < -0.3 is 4.74 Å². The molecule has 0 fully saturated rings. The largest absolute Gasteiger partial charge is 0.422 e. The van der Waals surface area contributed by atoms with Gasteiger partial charge in [0, 0.05) is 5.02 Å². The molecule has 4 nitrogen and oxygen atoms in total. The second-order valence-corrected chi connectivity index (χ2v) is 3.63. The van der Waals surface area contributed by atoms with Crippen LogP contribution in [0, 0.1) is 6.92 Å². The van der Waals surface area contributed by atoms with Crippen molar-refractivity contribution in [1.82, 2.24) is 10.1 Å². The van der Waals surface area contributed by atoms with E-state index in [4.69, 9.17) is 32.5 Å². The molecule has 1 heterocycles. The van der Waals surface area contributed by atoms with E-state index in [1.54, 1.807) is 25.1 Å². The summed E-state index contributed by atoms with van der Waals surface area (Å²) in [4.78, 5) is 3.88. The SMILES string of the molecule is Cc1noc(Oc2ccc(Cl)cc2Cl)n1. The van der Waals surface area contributed by atoms with Crippen LogP contribution in [0.25, 0.3) is 0 Å². The minimum absolute atomic E-state index is 0.0525. The standard InChI is InChI=1S/C9H6Cl2N2O2/c1-5-12-9(15-13-5)14-8-3-2-6(10)4-7(8)11/h2-4H,1H3. The van der Waals surface area contributed by atoms with Crippen molar-refractivity contribution >= 4 is 23.2 Å². The van der Waals surface area contributed by atoms with E-state index in [2.05, 4.69) is 10.1 Å².